The van der Waals surface area contributed by atoms with Crippen LogP contribution in [0.25, 0.3) is 0 Å². The van der Waals surface area contributed by atoms with Crippen LogP contribution < -0.4 is 5.32 Å². The Morgan fingerprint density at radius 1 is 1.30 bits per heavy atom. The van der Waals surface area contributed by atoms with Gasteiger partial charge in [-0.2, -0.15) is 0 Å². The topological polar surface area (TPSA) is 75.6 Å². The molecule has 0 heterocycles. The van der Waals surface area contributed by atoms with Crippen LogP contribution in [0.1, 0.15) is 31.9 Å². The average Bonchev–Trinajstić information content (AvgIpc) is 2.36. The van der Waals surface area contributed by atoms with Crippen molar-refractivity contribution in [3.63, 3.8) is 0 Å². The van der Waals surface area contributed by atoms with Crippen LogP contribution in [0.5, 0.6) is 0 Å². The van der Waals surface area contributed by atoms with Gasteiger partial charge < -0.3 is 15.2 Å². The van der Waals surface area contributed by atoms with Gasteiger partial charge in [-0.3, -0.25) is 9.59 Å². The molecule has 20 heavy (non-hydrogen) atoms. The molecule has 0 aromatic heterocycles. The summed E-state index contributed by atoms with van der Waals surface area (Å²) in [7, 11) is 0. The molecule has 2 N–H and O–H groups in total. The number of hydrogen-bond acceptors (Lipinski definition) is 3. The first kappa shape index (κ1) is 16.1. The van der Waals surface area contributed by atoms with E-state index < -0.39 is 23.7 Å². The highest BCUT2D eigenvalue weighted by molar-refractivity contribution is 5.78. The van der Waals surface area contributed by atoms with E-state index in [-0.39, 0.29) is 19.1 Å². The fraction of sp³-hybridized carbons (Fsp3) is 0.429. The Bertz CT molecular complexity index is 459. The molecule has 0 aliphatic carbocycles. The number of amides is 1. The van der Waals surface area contributed by atoms with Gasteiger partial charge in [-0.1, -0.05) is 12.1 Å². The first-order chi connectivity index (χ1) is 9.38. The van der Waals surface area contributed by atoms with E-state index in [4.69, 9.17) is 9.84 Å². The van der Waals surface area contributed by atoms with E-state index in [0.717, 1.165) is 0 Å². The number of nitrogens with one attached hydrogen (secondary N) is 1. The molecule has 1 unspecified atom stereocenters. The summed E-state index contributed by atoms with van der Waals surface area (Å²) < 4.78 is 18.0. The van der Waals surface area contributed by atoms with Crippen molar-refractivity contribution in [3.05, 3.63) is 35.6 Å². The van der Waals surface area contributed by atoms with Gasteiger partial charge in [0.05, 0.1) is 18.6 Å². The number of carboxylic acid groups (broad SMARTS) is 1. The summed E-state index contributed by atoms with van der Waals surface area (Å²) in [6.07, 6.45) is -0.372. The Kier molecular flexibility index (Phi) is 6.11. The third-order valence-electron chi connectivity index (χ3n) is 2.53. The van der Waals surface area contributed by atoms with Crippen molar-refractivity contribution in [2.45, 2.75) is 32.4 Å². The van der Waals surface area contributed by atoms with E-state index in [1.807, 2.05) is 0 Å². The summed E-state index contributed by atoms with van der Waals surface area (Å²) in [5.41, 5.74) is 0.534. The first-order valence-corrected chi connectivity index (χ1v) is 6.26. The van der Waals surface area contributed by atoms with Gasteiger partial charge in [-0.15, -0.1) is 0 Å². The van der Waals surface area contributed by atoms with Crippen LogP contribution in [0, 0.1) is 5.82 Å². The van der Waals surface area contributed by atoms with Gasteiger partial charge in [0.2, 0.25) is 5.91 Å². The van der Waals surface area contributed by atoms with Crippen molar-refractivity contribution in [1.29, 1.82) is 0 Å². The van der Waals surface area contributed by atoms with Gasteiger partial charge in [-0.05, 0) is 31.5 Å². The van der Waals surface area contributed by atoms with E-state index in [1.54, 1.807) is 13.8 Å². The minimum absolute atomic E-state index is 0.0931. The zero-order valence-electron chi connectivity index (χ0n) is 11.4. The molecule has 0 fully saturated rings. The van der Waals surface area contributed by atoms with E-state index in [1.165, 1.54) is 24.3 Å². The number of hydrogen-bond donors (Lipinski definition) is 2. The van der Waals surface area contributed by atoms with Crippen molar-refractivity contribution < 1.29 is 23.8 Å². The van der Waals surface area contributed by atoms with Gasteiger partial charge in [0.25, 0.3) is 0 Å². The van der Waals surface area contributed by atoms with E-state index in [0.29, 0.717) is 5.56 Å². The van der Waals surface area contributed by atoms with Crippen LogP contribution in [-0.4, -0.2) is 29.7 Å². The maximum absolute atomic E-state index is 12.9. The van der Waals surface area contributed by atoms with Gasteiger partial charge in [0, 0.05) is 0 Å². The summed E-state index contributed by atoms with van der Waals surface area (Å²) in [5.74, 6) is -1.88. The van der Waals surface area contributed by atoms with E-state index in [2.05, 4.69) is 5.32 Å². The van der Waals surface area contributed by atoms with Crippen molar-refractivity contribution in [3.8, 4) is 0 Å². The molecule has 6 heteroatoms. The second kappa shape index (κ2) is 7.59. The van der Waals surface area contributed by atoms with E-state index >= 15 is 0 Å². The smallest absolute Gasteiger partial charge is 0.305 e. The Morgan fingerprint density at radius 2 is 1.90 bits per heavy atom. The van der Waals surface area contributed by atoms with E-state index in [9.17, 15) is 14.0 Å². The third-order valence-corrected chi connectivity index (χ3v) is 2.53. The highest BCUT2D eigenvalue weighted by Crippen LogP contribution is 2.17. The molecule has 1 aromatic rings. The minimum Gasteiger partial charge on any atom is -0.481 e. The fourth-order valence-electron chi connectivity index (χ4n) is 1.60. The van der Waals surface area contributed by atoms with Crippen LogP contribution in [0.2, 0.25) is 0 Å². The van der Waals surface area contributed by atoms with Crippen molar-refractivity contribution in [1.82, 2.24) is 5.32 Å². The van der Waals surface area contributed by atoms with Crippen LogP contribution >= 0.6 is 0 Å². The minimum atomic E-state index is -1.05. The molecule has 0 aliphatic heterocycles. The lowest BCUT2D eigenvalue weighted by Crippen LogP contribution is -2.33. The molecular formula is C14H18FNO4. The largest absolute Gasteiger partial charge is 0.481 e. The van der Waals surface area contributed by atoms with Crippen molar-refractivity contribution >= 4 is 11.9 Å². The molecule has 1 amide bonds. The highest BCUT2D eigenvalue weighted by atomic mass is 19.1. The lowest BCUT2D eigenvalue weighted by molar-refractivity contribution is -0.138. The van der Waals surface area contributed by atoms with Gasteiger partial charge in [-0.25, -0.2) is 4.39 Å². The Balaban J connectivity index is 2.71. The lowest BCUT2D eigenvalue weighted by Gasteiger charge is -2.18. The summed E-state index contributed by atoms with van der Waals surface area (Å²) in [6.45, 7) is 3.44. The molecule has 0 radical (unpaired) electrons. The number of benzene rings is 1. The van der Waals surface area contributed by atoms with Gasteiger partial charge in [0.1, 0.15) is 12.4 Å². The molecule has 0 spiro atoms. The number of halogens is 1. The molecule has 1 rings (SSSR count). The summed E-state index contributed by atoms with van der Waals surface area (Å²) in [5, 5.41) is 11.4. The molecule has 5 nitrogen and oxygen atoms in total. The number of carbonyl (C=O) groups is 2. The van der Waals surface area contributed by atoms with Crippen molar-refractivity contribution in [2.24, 2.45) is 0 Å². The molecule has 1 atom stereocenters. The monoisotopic (exact) mass is 283 g/mol. The maximum atomic E-state index is 12.9. The Morgan fingerprint density at radius 3 is 2.40 bits per heavy atom. The normalized spacial score (nSPS) is 12.2. The Labute approximate surface area is 116 Å². The zero-order valence-corrected chi connectivity index (χ0v) is 11.4. The predicted octanol–water partition coefficient (Wildman–Crippen LogP) is 1.88. The number of ether oxygens (including phenoxy) is 1. The number of carbonyl (C=O) groups excluding carboxylic acids is 1. The number of aliphatic carboxylic acids is 1. The van der Waals surface area contributed by atoms with Crippen LogP contribution in [-0.2, 0) is 14.3 Å². The molecule has 1 aromatic carbocycles. The summed E-state index contributed by atoms with van der Waals surface area (Å²) in [6, 6.07) is 4.64. The zero-order chi connectivity index (χ0) is 15.1. The quantitative estimate of drug-likeness (QED) is 0.801. The average molecular weight is 283 g/mol. The summed E-state index contributed by atoms with van der Waals surface area (Å²) >= 11 is 0. The predicted molar refractivity (Wildman–Crippen MR) is 70.6 cm³/mol. The second-order valence-electron chi connectivity index (χ2n) is 4.63. The van der Waals surface area contributed by atoms with Gasteiger partial charge in [0.15, 0.2) is 0 Å². The molecular weight excluding hydrogens is 265 g/mol. The maximum Gasteiger partial charge on any atom is 0.305 e. The second-order valence-corrected chi connectivity index (χ2v) is 4.63. The first-order valence-electron chi connectivity index (χ1n) is 6.26. The highest BCUT2D eigenvalue weighted by Gasteiger charge is 2.18. The SMILES string of the molecule is CC(C)OCC(=O)NC(CC(=O)O)c1ccc(F)cc1. The number of carboxylic acids is 1. The lowest BCUT2D eigenvalue weighted by atomic mass is 10.0. The number of rotatable bonds is 7. The molecule has 0 saturated heterocycles. The summed E-state index contributed by atoms with van der Waals surface area (Å²) in [4.78, 5) is 22.5. The molecule has 0 saturated carbocycles. The van der Waals surface area contributed by atoms with Crippen LogP contribution in [0.4, 0.5) is 4.39 Å². The standard InChI is InChI=1S/C14H18FNO4/c1-9(2)20-8-13(17)16-12(7-14(18)19)10-3-5-11(15)6-4-10/h3-6,9,12H,7-8H2,1-2H3,(H,16,17)(H,18,19). The van der Waals surface area contributed by atoms with Crippen molar-refractivity contribution in [2.75, 3.05) is 6.61 Å². The molecule has 0 bridgehead atoms. The Hall–Kier alpha value is -1.95. The van der Waals surface area contributed by atoms with Crippen LogP contribution in [0.3, 0.4) is 0 Å². The molecule has 0 aliphatic rings. The van der Waals surface area contributed by atoms with Gasteiger partial charge >= 0.3 is 5.97 Å². The third kappa shape index (κ3) is 5.79. The molecule has 110 valence electrons. The fourth-order valence-corrected chi connectivity index (χ4v) is 1.60. The van der Waals surface area contributed by atoms with Crippen LogP contribution in [0.15, 0.2) is 24.3 Å².